The maximum Gasteiger partial charge on any atom is 0.262 e. The summed E-state index contributed by atoms with van der Waals surface area (Å²) in [7, 11) is -3.66. The number of hydrogen-bond acceptors (Lipinski definition) is 6. The molecule has 2 aromatic carbocycles. The lowest BCUT2D eigenvalue weighted by Gasteiger charge is -2.31. The summed E-state index contributed by atoms with van der Waals surface area (Å²) >= 11 is 0. The number of hydrogen-bond donors (Lipinski definition) is 1. The van der Waals surface area contributed by atoms with Crippen LogP contribution < -0.4 is 15.0 Å². The molecule has 1 aliphatic heterocycles. The lowest BCUT2D eigenvalue weighted by Crippen LogP contribution is -2.37. The van der Waals surface area contributed by atoms with Crippen LogP contribution in [0, 0.1) is 0 Å². The summed E-state index contributed by atoms with van der Waals surface area (Å²) < 4.78 is 38.6. The zero-order valence-corrected chi connectivity index (χ0v) is 20.4. The Bertz CT molecular complexity index is 1050. The first kappa shape index (κ1) is 25.0. The van der Waals surface area contributed by atoms with E-state index in [0.717, 1.165) is 17.7 Å². The fourth-order valence-electron chi connectivity index (χ4n) is 3.76. The molecule has 0 atom stereocenters. The van der Waals surface area contributed by atoms with E-state index in [0.29, 0.717) is 50.8 Å². The van der Waals surface area contributed by atoms with Gasteiger partial charge in [-0.1, -0.05) is 32.9 Å². The molecule has 0 bridgehead atoms. The molecule has 33 heavy (non-hydrogen) atoms. The van der Waals surface area contributed by atoms with Crippen LogP contribution in [0.5, 0.6) is 5.75 Å². The molecule has 1 amide bonds. The van der Waals surface area contributed by atoms with Gasteiger partial charge in [-0.25, -0.2) is 8.42 Å². The lowest BCUT2D eigenvalue weighted by atomic mass is 10.2. The number of amides is 1. The highest BCUT2D eigenvalue weighted by atomic mass is 32.2. The van der Waals surface area contributed by atoms with Crippen molar-refractivity contribution in [2.75, 3.05) is 56.2 Å². The molecule has 1 N–H and O–H groups in total. The SMILES string of the molecule is CCc1cccc(OCC(=O)Nc2cc(S(=O)(=O)N(CC)CC)ccc2N2CCOCC2)c1. The Morgan fingerprint density at radius 3 is 2.48 bits per heavy atom. The van der Waals surface area contributed by atoms with Crippen molar-refractivity contribution in [1.29, 1.82) is 0 Å². The van der Waals surface area contributed by atoms with E-state index in [1.165, 1.54) is 10.4 Å². The summed E-state index contributed by atoms with van der Waals surface area (Å²) in [6.07, 6.45) is 0.875. The molecular formula is C24H33N3O5S. The number of carbonyl (C=O) groups is 1. The van der Waals surface area contributed by atoms with E-state index in [4.69, 9.17) is 9.47 Å². The molecule has 1 aliphatic rings. The second kappa shape index (κ2) is 11.5. The maximum atomic E-state index is 13.0. The van der Waals surface area contributed by atoms with Crippen LogP contribution in [-0.4, -0.2) is 64.6 Å². The van der Waals surface area contributed by atoms with Gasteiger partial charge >= 0.3 is 0 Å². The highest BCUT2D eigenvalue weighted by molar-refractivity contribution is 7.89. The van der Waals surface area contributed by atoms with E-state index < -0.39 is 10.0 Å². The van der Waals surface area contributed by atoms with Crippen molar-refractivity contribution in [3.8, 4) is 5.75 Å². The van der Waals surface area contributed by atoms with Crippen molar-refractivity contribution in [3.05, 3.63) is 48.0 Å². The number of rotatable bonds is 10. The highest BCUT2D eigenvalue weighted by Gasteiger charge is 2.24. The monoisotopic (exact) mass is 475 g/mol. The fourth-order valence-corrected chi connectivity index (χ4v) is 5.24. The highest BCUT2D eigenvalue weighted by Crippen LogP contribution is 2.31. The molecule has 0 aromatic heterocycles. The van der Waals surface area contributed by atoms with Gasteiger partial charge in [-0.2, -0.15) is 4.31 Å². The number of ether oxygens (including phenoxy) is 2. The Labute approximate surface area is 196 Å². The number of anilines is 2. The van der Waals surface area contributed by atoms with Gasteiger partial charge in [0.1, 0.15) is 5.75 Å². The third kappa shape index (κ3) is 6.25. The Hall–Kier alpha value is -2.62. The van der Waals surface area contributed by atoms with Gasteiger partial charge in [-0.15, -0.1) is 0 Å². The van der Waals surface area contributed by atoms with Gasteiger partial charge in [0, 0.05) is 26.2 Å². The number of nitrogens with zero attached hydrogens (tertiary/aromatic N) is 2. The van der Waals surface area contributed by atoms with E-state index >= 15 is 0 Å². The maximum absolute atomic E-state index is 13.0. The zero-order chi connectivity index (χ0) is 23.8. The van der Waals surface area contributed by atoms with Gasteiger partial charge in [-0.3, -0.25) is 4.79 Å². The molecule has 9 heteroatoms. The molecule has 0 spiro atoms. The topological polar surface area (TPSA) is 88.2 Å². The van der Waals surface area contributed by atoms with Crippen LogP contribution in [0.15, 0.2) is 47.4 Å². The number of aryl methyl sites for hydroxylation is 1. The normalized spacial score (nSPS) is 14.4. The minimum atomic E-state index is -3.66. The van der Waals surface area contributed by atoms with E-state index in [1.807, 2.05) is 24.3 Å². The zero-order valence-electron chi connectivity index (χ0n) is 19.5. The molecule has 1 fully saturated rings. The largest absolute Gasteiger partial charge is 0.484 e. The molecule has 1 saturated heterocycles. The van der Waals surface area contributed by atoms with Crippen LogP contribution in [0.3, 0.4) is 0 Å². The van der Waals surface area contributed by atoms with Crippen LogP contribution >= 0.6 is 0 Å². The smallest absolute Gasteiger partial charge is 0.262 e. The van der Waals surface area contributed by atoms with Gasteiger partial charge in [0.2, 0.25) is 10.0 Å². The summed E-state index contributed by atoms with van der Waals surface area (Å²) in [5.41, 5.74) is 2.33. The molecule has 8 nitrogen and oxygen atoms in total. The second-order valence-corrected chi connectivity index (χ2v) is 9.64. The Morgan fingerprint density at radius 2 is 1.82 bits per heavy atom. The Morgan fingerprint density at radius 1 is 1.09 bits per heavy atom. The molecule has 180 valence electrons. The van der Waals surface area contributed by atoms with E-state index in [9.17, 15) is 13.2 Å². The van der Waals surface area contributed by atoms with Crippen LogP contribution in [0.1, 0.15) is 26.3 Å². The molecule has 3 rings (SSSR count). The number of benzene rings is 2. The quantitative estimate of drug-likeness (QED) is 0.568. The summed E-state index contributed by atoms with van der Waals surface area (Å²) in [5.74, 6) is 0.263. The van der Waals surface area contributed by atoms with Crippen LogP contribution in [0.4, 0.5) is 11.4 Å². The van der Waals surface area contributed by atoms with Gasteiger partial charge in [0.05, 0.1) is 29.5 Å². The van der Waals surface area contributed by atoms with Crippen LogP contribution in [0.25, 0.3) is 0 Å². The third-order valence-electron chi connectivity index (χ3n) is 5.61. The fraction of sp³-hybridized carbons (Fsp3) is 0.458. The number of carbonyl (C=O) groups excluding carboxylic acids is 1. The summed E-state index contributed by atoms with van der Waals surface area (Å²) in [4.78, 5) is 15.0. The first-order valence-corrected chi connectivity index (χ1v) is 12.8. The predicted octanol–water partition coefficient (Wildman–Crippen LogP) is 3.13. The van der Waals surface area contributed by atoms with Gasteiger partial charge in [-0.05, 0) is 42.3 Å². The standard InChI is InChI=1S/C24H33N3O5S/c1-4-19-8-7-9-20(16-19)32-18-24(28)25-22-17-21(33(29,30)27(5-2)6-3)10-11-23(22)26-12-14-31-15-13-26/h7-11,16-17H,4-6,12-15,18H2,1-3H3,(H,25,28). The number of nitrogens with one attached hydrogen (secondary N) is 1. The first-order chi connectivity index (χ1) is 15.9. The predicted molar refractivity (Wildman–Crippen MR) is 130 cm³/mol. The summed E-state index contributed by atoms with van der Waals surface area (Å²) in [6.45, 7) is 8.69. The van der Waals surface area contributed by atoms with Gasteiger partial charge < -0.3 is 19.7 Å². The first-order valence-electron chi connectivity index (χ1n) is 11.4. The summed E-state index contributed by atoms with van der Waals surface area (Å²) in [6, 6.07) is 12.5. The van der Waals surface area contributed by atoms with Crippen molar-refractivity contribution < 1.29 is 22.7 Å². The summed E-state index contributed by atoms with van der Waals surface area (Å²) in [5, 5.41) is 2.86. The second-order valence-electron chi connectivity index (χ2n) is 7.71. The molecule has 0 aliphatic carbocycles. The van der Waals surface area contributed by atoms with Crippen molar-refractivity contribution in [2.45, 2.75) is 32.1 Å². The minimum Gasteiger partial charge on any atom is -0.484 e. The molecule has 1 heterocycles. The van der Waals surface area contributed by atoms with Crippen molar-refractivity contribution in [3.63, 3.8) is 0 Å². The molecular weight excluding hydrogens is 442 g/mol. The van der Waals surface area contributed by atoms with Crippen LogP contribution in [0.2, 0.25) is 0 Å². The van der Waals surface area contributed by atoms with Crippen molar-refractivity contribution in [1.82, 2.24) is 4.31 Å². The molecule has 2 aromatic rings. The third-order valence-corrected chi connectivity index (χ3v) is 7.66. The average Bonchev–Trinajstić information content (AvgIpc) is 2.84. The van der Waals surface area contributed by atoms with E-state index in [-0.39, 0.29) is 17.4 Å². The Balaban J connectivity index is 1.84. The Kier molecular flexibility index (Phi) is 8.71. The van der Waals surface area contributed by atoms with E-state index in [1.54, 1.807) is 26.0 Å². The van der Waals surface area contributed by atoms with Gasteiger partial charge in [0.15, 0.2) is 6.61 Å². The average molecular weight is 476 g/mol. The molecule has 0 saturated carbocycles. The van der Waals surface area contributed by atoms with E-state index in [2.05, 4.69) is 17.1 Å². The van der Waals surface area contributed by atoms with Gasteiger partial charge in [0.25, 0.3) is 5.91 Å². The van der Waals surface area contributed by atoms with Crippen LogP contribution in [-0.2, 0) is 26.0 Å². The molecule has 0 unspecified atom stereocenters. The molecule has 0 radical (unpaired) electrons. The van der Waals surface area contributed by atoms with Crippen molar-refractivity contribution in [2.24, 2.45) is 0 Å². The number of morpholine rings is 1. The lowest BCUT2D eigenvalue weighted by molar-refractivity contribution is -0.118. The van der Waals surface area contributed by atoms with Crippen molar-refractivity contribution >= 4 is 27.3 Å². The number of sulfonamides is 1. The minimum absolute atomic E-state index is 0.148.